The molecule has 2 aromatic carbocycles. The molecule has 0 radical (unpaired) electrons. The largest absolute Gasteiger partial charge is 0.367 e. The van der Waals surface area contributed by atoms with E-state index in [4.69, 9.17) is 11.6 Å². The Hall–Kier alpha value is -2.04. The van der Waals surface area contributed by atoms with Crippen molar-refractivity contribution in [1.29, 1.82) is 0 Å². The molecule has 112 valence electrons. The summed E-state index contributed by atoms with van der Waals surface area (Å²) in [5.74, 6) is 0. The van der Waals surface area contributed by atoms with Crippen LogP contribution in [0, 0.1) is 0 Å². The van der Waals surface area contributed by atoms with E-state index in [2.05, 4.69) is 32.7 Å². The van der Waals surface area contributed by atoms with Gasteiger partial charge in [0.2, 0.25) is 0 Å². The molecule has 2 aliphatic heterocycles. The first-order chi connectivity index (χ1) is 10.8. The van der Waals surface area contributed by atoms with Crippen molar-refractivity contribution in [3.8, 4) is 0 Å². The number of nitrogens with one attached hydrogen (secondary N) is 2. The number of nitrogens with zero attached hydrogens (tertiary/aromatic N) is 2. The predicted octanol–water partition coefficient (Wildman–Crippen LogP) is 3.56. The summed E-state index contributed by atoms with van der Waals surface area (Å²) in [5, 5.41) is 7.65. The number of para-hydroxylation sites is 1. The number of halogens is 1. The zero-order valence-corrected chi connectivity index (χ0v) is 12.9. The molecule has 1 saturated heterocycles. The minimum absolute atomic E-state index is 0.725. The number of aliphatic imine (C=N–C) groups is 1. The van der Waals surface area contributed by atoms with Gasteiger partial charge in [-0.15, -0.1) is 0 Å². The molecule has 0 bridgehead atoms. The Morgan fingerprint density at radius 1 is 1.09 bits per heavy atom. The number of anilines is 3. The van der Waals surface area contributed by atoms with Crippen molar-refractivity contribution in [2.45, 2.75) is 0 Å². The van der Waals surface area contributed by atoms with E-state index in [0.717, 1.165) is 53.8 Å². The minimum Gasteiger partial charge on any atom is -0.367 e. The van der Waals surface area contributed by atoms with Crippen LogP contribution in [0.4, 0.5) is 22.7 Å². The van der Waals surface area contributed by atoms with Crippen LogP contribution in [0.2, 0.25) is 5.02 Å². The molecule has 2 N–H and O–H groups in total. The molecular formula is C17H17ClN4. The van der Waals surface area contributed by atoms with Gasteiger partial charge >= 0.3 is 0 Å². The molecule has 0 spiro atoms. The molecule has 1 fully saturated rings. The lowest BCUT2D eigenvalue weighted by atomic mass is 10.1. The Morgan fingerprint density at radius 2 is 1.95 bits per heavy atom. The number of fused-ring (bicyclic) bond motifs is 2. The summed E-state index contributed by atoms with van der Waals surface area (Å²) in [7, 11) is 0. The summed E-state index contributed by atoms with van der Waals surface area (Å²) in [6.07, 6.45) is 1.89. The second kappa shape index (κ2) is 5.63. The lowest BCUT2D eigenvalue weighted by Gasteiger charge is -2.31. The van der Waals surface area contributed by atoms with Crippen LogP contribution in [0.15, 0.2) is 41.4 Å². The summed E-state index contributed by atoms with van der Waals surface area (Å²) in [6, 6.07) is 12.1. The Balaban J connectivity index is 1.80. The third-order valence-electron chi connectivity index (χ3n) is 4.10. The van der Waals surface area contributed by atoms with Crippen molar-refractivity contribution in [3.05, 3.63) is 47.0 Å². The van der Waals surface area contributed by atoms with Gasteiger partial charge in [-0.3, -0.25) is 4.99 Å². The van der Waals surface area contributed by atoms with Gasteiger partial charge in [-0.05, 0) is 30.3 Å². The van der Waals surface area contributed by atoms with Gasteiger partial charge in [0.05, 0.1) is 17.1 Å². The molecule has 2 heterocycles. The lowest BCUT2D eigenvalue weighted by Crippen LogP contribution is -2.43. The molecule has 0 saturated carbocycles. The molecule has 0 aliphatic carbocycles. The number of benzene rings is 2. The van der Waals surface area contributed by atoms with Gasteiger partial charge in [0.25, 0.3) is 0 Å². The van der Waals surface area contributed by atoms with Crippen LogP contribution in [0.5, 0.6) is 0 Å². The zero-order valence-electron chi connectivity index (χ0n) is 12.1. The van der Waals surface area contributed by atoms with E-state index in [9.17, 15) is 0 Å². The maximum Gasteiger partial charge on any atom is 0.0886 e. The molecule has 0 unspecified atom stereocenters. The average molecular weight is 313 g/mol. The highest BCUT2D eigenvalue weighted by atomic mass is 35.5. The van der Waals surface area contributed by atoms with Gasteiger partial charge < -0.3 is 15.5 Å². The van der Waals surface area contributed by atoms with Crippen LogP contribution in [0.1, 0.15) is 5.56 Å². The van der Waals surface area contributed by atoms with Crippen LogP contribution in [-0.2, 0) is 0 Å². The summed E-state index contributed by atoms with van der Waals surface area (Å²) >= 11 is 6.14. The molecule has 2 aliphatic rings. The number of hydrogen-bond acceptors (Lipinski definition) is 4. The van der Waals surface area contributed by atoms with E-state index in [0.29, 0.717) is 0 Å². The number of hydrogen-bond donors (Lipinski definition) is 2. The highest BCUT2D eigenvalue weighted by Crippen LogP contribution is 2.40. The standard InChI is InChI=1S/C17H17ClN4/c18-13-5-4-12-11-20-14-2-1-3-16(17(14)21-15(12)10-13)22-8-6-19-7-9-22/h1-5,10-11,19,21H,6-9H2. The topological polar surface area (TPSA) is 39.7 Å². The Labute approximate surface area is 134 Å². The first-order valence-corrected chi connectivity index (χ1v) is 7.88. The van der Waals surface area contributed by atoms with E-state index in [-0.39, 0.29) is 0 Å². The lowest BCUT2D eigenvalue weighted by molar-refractivity contribution is 0.589. The molecule has 0 aromatic heterocycles. The molecule has 5 heteroatoms. The fourth-order valence-corrected chi connectivity index (χ4v) is 3.13. The Bertz CT molecular complexity index is 735. The highest BCUT2D eigenvalue weighted by molar-refractivity contribution is 6.31. The van der Waals surface area contributed by atoms with Crippen LogP contribution in [0.25, 0.3) is 0 Å². The van der Waals surface area contributed by atoms with E-state index in [1.54, 1.807) is 0 Å². The van der Waals surface area contributed by atoms with E-state index < -0.39 is 0 Å². The van der Waals surface area contributed by atoms with Gasteiger partial charge in [-0.2, -0.15) is 0 Å². The maximum atomic E-state index is 6.14. The average Bonchev–Trinajstić information content (AvgIpc) is 2.74. The van der Waals surface area contributed by atoms with Gasteiger partial charge in [0.1, 0.15) is 0 Å². The molecule has 4 rings (SSSR count). The van der Waals surface area contributed by atoms with E-state index >= 15 is 0 Å². The van der Waals surface area contributed by atoms with Crippen molar-refractivity contribution >= 4 is 40.6 Å². The fourth-order valence-electron chi connectivity index (χ4n) is 2.96. The second-order valence-electron chi connectivity index (χ2n) is 5.52. The smallest absolute Gasteiger partial charge is 0.0886 e. The van der Waals surface area contributed by atoms with Crippen LogP contribution >= 0.6 is 11.6 Å². The summed E-state index contributed by atoms with van der Waals surface area (Å²) in [5.41, 5.74) is 5.26. The Morgan fingerprint density at radius 3 is 2.82 bits per heavy atom. The number of piperazine rings is 1. The van der Waals surface area contributed by atoms with Gasteiger partial charge in [0, 0.05) is 48.7 Å². The normalized spacial score (nSPS) is 16.5. The van der Waals surface area contributed by atoms with Crippen LogP contribution in [-0.4, -0.2) is 32.4 Å². The summed E-state index contributed by atoms with van der Waals surface area (Å²) in [6.45, 7) is 4.03. The molecule has 2 aromatic rings. The second-order valence-corrected chi connectivity index (χ2v) is 5.96. The van der Waals surface area contributed by atoms with Crippen molar-refractivity contribution in [2.24, 2.45) is 4.99 Å². The third kappa shape index (κ3) is 2.45. The van der Waals surface area contributed by atoms with Crippen molar-refractivity contribution in [1.82, 2.24) is 5.32 Å². The molecule has 0 atom stereocenters. The van der Waals surface area contributed by atoms with Crippen molar-refractivity contribution in [3.63, 3.8) is 0 Å². The van der Waals surface area contributed by atoms with Crippen LogP contribution < -0.4 is 15.5 Å². The summed E-state index contributed by atoms with van der Waals surface area (Å²) < 4.78 is 0. The molecule has 0 amide bonds. The SMILES string of the molecule is Clc1ccc2c(c1)Nc1c(cccc1N1CCNCC1)N=C2. The molecule has 22 heavy (non-hydrogen) atoms. The van der Waals surface area contributed by atoms with Gasteiger partial charge in [0.15, 0.2) is 0 Å². The van der Waals surface area contributed by atoms with Crippen molar-refractivity contribution in [2.75, 3.05) is 36.4 Å². The van der Waals surface area contributed by atoms with E-state index in [1.165, 1.54) is 5.69 Å². The summed E-state index contributed by atoms with van der Waals surface area (Å²) in [4.78, 5) is 7.04. The number of rotatable bonds is 1. The zero-order chi connectivity index (χ0) is 14.9. The fraction of sp³-hybridized carbons (Fsp3) is 0.235. The quantitative estimate of drug-likeness (QED) is 0.722. The first-order valence-electron chi connectivity index (χ1n) is 7.50. The monoisotopic (exact) mass is 312 g/mol. The van der Waals surface area contributed by atoms with Gasteiger partial charge in [-0.25, -0.2) is 0 Å². The molecule has 4 nitrogen and oxygen atoms in total. The van der Waals surface area contributed by atoms with Crippen molar-refractivity contribution < 1.29 is 0 Å². The first kappa shape index (κ1) is 13.6. The minimum atomic E-state index is 0.725. The van der Waals surface area contributed by atoms with E-state index in [1.807, 2.05) is 30.5 Å². The van der Waals surface area contributed by atoms with Gasteiger partial charge in [-0.1, -0.05) is 17.7 Å². The highest BCUT2D eigenvalue weighted by Gasteiger charge is 2.19. The predicted molar refractivity (Wildman–Crippen MR) is 93.5 cm³/mol. The Kier molecular flexibility index (Phi) is 3.48. The third-order valence-corrected chi connectivity index (χ3v) is 4.33. The molecular weight excluding hydrogens is 296 g/mol. The van der Waals surface area contributed by atoms with Crippen LogP contribution in [0.3, 0.4) is 0 Å². The maximum absolute atomic E-state index is 6.14.